The van der Waals surface area contributed by atoms with Crippen molar-refractivity contribution >= 4 is 30.6 Å². The minimum atomic E-state index is -10.7. The van der Waals surface area contributed by atoms with Gasteiger partial charge in [-0.25, -0.2) is 0 Å². The Bertz CT molecular complexity index is 3460. The van der Waals surface area contributed by atoms with Crippen LogP contribution in [0.5, 0.6) is 34.5 Å². The summed E-state index contributed by atoms with van der Waals surface area (Å²) < 4.78 is 197. The molecule has 3 aliphatic heterocycles. The van der Waals surface area contributed by atoms with E-state index in [1.54, 1.807) is 12.1 Å². The van der Waals surface area contributed by atoms with Gasteiger partial charge in [0.1, 0.15) is 44.5 Å². The quantitative estimate of drug-likeness (QED) is 0.0713. The van der Waals surface area contributed by atoms with Crippen LogP contribution >= 0.6 is 7.81 Å². The molecule has 0 aromatic heterocycles. The van der Waals surface area contributed by atoms with E-state index in [1.807, 2.05) is 26.4 Å². The van der Waals surface area contributed by atoms with Crippen molar-refractivity contribution < 1.29 is 104 Å². The average molecular weight is 1350 g/mol. The SMILES string of the molecule is CCCN1c2cccc(OC)c2C2(CC[NH2+]Cc3ccccc3)c3c(OC)cccc3N(CCC)c3cccc1c32.FC(F)(F)c1cc(-c2ccc3c(c2)OCCOCCOCCOc2ccccc2OCCOCCOCCO3)cc(C(F)(F)F)c1.F[P-](F)(F)(F)(F)F. The number of nitrogens with two attached hydrogens (primary N) is 1. The van der Waals surface area contributed by atoms with Gasteiger partial charge in [0, 0.05) is 64.5 Å². The van der Waals surface area contributed by atoms with Gasteiger partial charge >= 0.3 is 45.3 Å². The third kappa shape index (κ3) is 19.7. The minimum absolute atomic E-state index is 0.0178. The second-order valence-electron chi connectivity index (χ2n) is 21.8. The van der Waals surface area contributed by atoms with Crippen LogP contribution in [0.4, 0.5) is 74.3 Å². The van der Waals surface area contributed by atoms with E-state index < -0.39 is 36.7 Å². The van der Waals surface area contributed by atoms with Crippen LogP contribution in [0.15, 0.2) is 146 Å². The Morgan fingerprint density at radius 2 is 0.819 bits per heavy atom. The first kappa shape index (κ1) is 72.2. The first-order valence-corrected chi connectivity index (χ1v) is 32.6. The Balaban J connectivity index is 0.000000220. The number of fused-ring (bicyclic) bond motifs is 6. The predicted molar refractivity (Wildman–Crippen MR) is 336 cm³/mol. The monoisotopic (exact) mass is 1350 g/mol. The van der Waals surface area contributed by atoms with Crippen LogP contribution in [0.25, 0.3) is 11.1 Å². The topological polar surface area (TPSA) is 115 Å². The molecule has 94 heavy (non-hydrogen) atoms. The van der Waals surface area contributed by atoms with Gasteiger partial charge < -0.3 is 62.5 Å². The van der Waals surface area contributed by atoms with Gasteiger partial charge in [-0.05, 0) is 103 Å². The van der Waals surface area contributed by atoms with Gasteiger partial charge in [-0.15, -0.1) is 0 Å². The zero-order valence-electron chi connectivity index (χ0n) is 52.3. The van der Waals surface area contributed by atoms with E-state index in [-0.39, 0.29) is 81.5 Å². The van der Waals surface area contributed by atoms with Crippen molar-refractivity contribution in [1.82, 2.24) is 0 Å². The van der Waals surface area contributed by atoms with E-state index in [4.69, 9.17) is 47.4 Å². The second-order valence-corrected chi connectivity index (χ2v) is 23.7. The van der Waals surface area contributed by atoms with Gasteiger partial charge in [-0.2, -0.15) is 26.3 Å². The van der Waals surface area contributed by atoms with Gasteiger partial charge in [0.05, 0.1) is 90.2 Å². The van der Waals surface area contributed by atoms with Crippen LogP contribution in [0, 0.1) is 0 Å². The number of rotatable bonds is 12. The summed E-state index contributed by atoms with van der Waals surface area (Å²) in [5, 5.41) is 2.45. The molecule has 0 saturated carbocycles. The molecule has 2 N–H and O–H groups in total. The summed E-state index contributed by atoms with van der Waals surface area (Å²) in [6.07, 6.45) is -6.93. The summed E-state index contributed by atoms with van der Waals surface area (Å²) in [6, 6.07) is 43.5. The summed E-state index contributed by atoms with van der Waals surface area (Å²) in [5.41, 5.74) is 6.82. The number of nitrogens with zero attached hydrogens (tertiary/aromatic N) is 2. The first-order chi connectivity index (χ1) is 44.7. The summed E-state index contributed by atoms with van der Waals surface area (Å²) in [7, 11) is -7.03. The fourth-order valence-corrected chi connectivity index (χ4v) is 11.5. The molecule has 0 spiro atoms. The number of ether oxygens (including phenoxy) is 10. The molecule has 0 fully saturated rings. The third-order valence-electron chi connectivity index (χ3n) is 15.2. The molecule has 3 heterocycles. The Labute approximate surface area is 537 Å². The molecule has 10 rings (SSSR count). The Morgan fingerprint density at radius 1 is 0.436 bits per heavy atom. The summed E-state index contributed by atoms with van der Waals surface area (Å²) in [5.74, 6) is 3.38. The molecule has 7 aromatic carbocycles. The molecule has 0 unspecified atom stereocenters. The molecule has 0 amide bonds. The fourth-order valence-electron chi connectivity index (χ4n) is 11.5. The van der Waals surface area contributed by atoms with Gasteiger partial charge in [-0.3, -0.25) is 0 Å². The van der Waals surface area contributed by atoms with E-state index in [2.05, 4.69) is 114 Å². The Kier molecular flexibility index (Phi) is 24.0. The molecule has 26 heteroatoms. The zero-order valence-corrected chi connectivity index (χ0v) is 53.2. The molecule has 0 saturated heterocycles. The second kappa shape index (κ2) is 31.3. The molecule has 7 aromatic rings. The number of alkyl halides is 6. The molecular weight excluding hydrogens is 1280 g/mol. The molecule has 0 bridgehead atoms. The first-order valence-electron chi connectivity index (χ1n) is 30.6. The summed E-state index contributed by atoms with van der Waals surface area (Å²) in [6.45, 7) is 11.0. The van der Waals surface area contributed by atoms with Crippen molar-refractivity contribution in [2.24, 2.45) is 0 Å². The van der Waals surface area contributed by atoms with E-state index in [0.717, 1.165) is 56.9 Å². The third-order valence-corrected chi connectivity index (χ3v) is 15.2. The van der Waals surface area contributed by atoms with Gasteiger partial charge in [-0.1, -0.05) is 80.6 Å². The molecular formula is C68H76F12N3O10P. The predicted octanol–water partition coefficient (Wildman–Crippen LogP) is 17.0. The van der Waals surface area contributed by atoms with Crippen LogP contribution < -0.4 is 43.5 Å². The summed E-state index contributed by atoms with van der Waals surface area (Å²) in [4.78, 5) is 5.04. The van der Waals surface area contributed by atoms with Crippen molar-refractivity contribution in [3.63, 3.8) is 0 Å². The number of quaternary nitrogens is 1. The van der Waals surface area contributed by atoms with E-state index in [1.165, 1.54) is 63.2 Å². The van der Waals surface area contributed by atoms with Crippen molar-refractivity contribution in [3.8, 4) is 45.6 Å². The van der Waals surface area contributed by atoms with E-state index in [0.29, 0.717) is 50.1 Å². The summed E-state index contributed by atoms with van der Waals surface area (Å²) >= 11 is 0. The van der Waals surface area contributed by atoms with Crippen LogP contribution in [-0.2, 0) is 43.3 Å². The van der Waals surface area contributed by atoms with E-state index in [9.17, 15) is 51.5 Å². The number of hydrogen-bond acceptors (Lipinski definition) is 12. The van der Waals surface area contributed by atoms with Crippen molar-refractivity contribution in [3.05, 3.63) is 179 Å². The number of halogens is 12. The molecule has 0 atom stereocenters. The normalized spacial score (nSPS) is 16.3. The maximum absolute atomic E-state index is 13.4. The zero-order chi connectivity index (χ0) is 67.6. The van der Waals surface area contributed by atoms with Gasteiger partial charge in [0.2, 0.25) is 0 Å². The standard InChI is InChI=1S/C36H41N3O2.C32H34F6O8.F6P/c1-5-23-38-27-15-10-16-28-33(27)36(34-29(38)17-11-19-31(34)40-3,21-22-37-25-26-13-8-7-9-14-26)35-30(39(28)24-6-2)18-12-20-32(35)41-4;33-31(34,35)25-19-24(20-26(22-25)32(36,37)38)23-5-6-29-30(21-23)46-18-14-42-10-9-40-12-16-44-28-4-2-1-3-27(28)43-15-11-39-7-8-41-13-17-45-29;1-7(2,3,4,5)6/h7-20,37H,5-6,21-25H2,1-4H3;1-6,19-22H,7-18H2;/q;;-1/p+1. The maximum atomic E-state index is 13.4. The van der Waals surface area contributed by atoms with Crippen molar-refractivity contribution in [1.29, 1.82) is 0 Å². The molecule has 3 aliphatic rings. The van der Waals surface area contributed by atoms with Crippen LogP contribution in [0.1, 0.15) is 66.5 Å². The Hall–Kier alpha value is -7.67. The van der Waals surface area contributed by atoms with E-state index >= 15 is 0 Å². The average Bonchev–Trinajstić information content (AvgIpc) is 0.678. The molecule has 512 valence electrons. The number of methoxy groups -OCH3 is 2. The Morgan fingerprint density at radius 3 is 1.23 bits per heavy atom. The number of benzene rings is 7. The number of para-hydroxylation sites is 2. The molecule has 0 radical (unpaired) electrons. The number of hydrogen-bond donors (Lipinski definition) is 1. The van der Waals surface area contributed by atoms with Crippen LogP contribution in [0.3, 0.4) is 0 Å². The van der Waals surface area contributed by atoms with Crippen molar-refractivity contribution in [2.75, 3.05) is 123 Å². The fraction of sp³-hybridized carbons (Fsp3) is 0.382. The van der Waals surface area contributed by atoms with Gasteiger partial charge in [0.15, 0.2) is 23.0 Å². The van der Waals surface area contributed by atoms with Crippen LogP contribution in [-0.4, -0.2) is 113 Å². The molecule has 13 nitrogen and oxygen atoms in total. The molecule has 0 aliphatic carbocycles. The van der Waals surface area contributed by atoms with Crippen LogP contribution in [0.2, 0.25) is 0 Å². The van der Waals surface area contributed by atoms with Crippen molar-refractivity contribution in [2.45, 2.75) is 57.4 Å². The van der Waals surface area contributed by atoms with Gasteiger partial charge in [0.25, 0.3) is 0 Å². The number of anilines is 4.